The van der Waals surface area contributed by atoms with E-state index in [2.05, 4.69) is 25.9 Å². The molecule has 6 heteroatoms. The Morgan fingerprint density at radius 1 is 1.30 bits per heavy atom. The first-order valence-corrected chi connectivity index (χ1v) is 7.72. The van der Waals surface area contributed by atoms with Crippen molar-refractivity contribution in [2.75, 3.05) is 12.0 Å². The highest BCUT2D eigenvalue weighted by atomic mass is 35.5. The first-order valence-electron chi connectivity index (χ1n) is 6.19. The molecule has 108 valence electrons. The molecule has 4 nitrogen and oxygen atoms in total. The van der Waals surface area contributed by atoms with Crippen molar-refractivity contribution in [1.29, 1.82) is 0 Å². The minimum atomic E-state index is -0.0512. The molecule has 0 aliphatic rings. The van der Waals surface area contributed by atoms with Gasteiger partial charge in [0.2, 0.25) is 0 Å². The van der Waals surface area contributed by atoms with E-state index in [9.17, 15) is 0 Å². The van der Waals surface area contributed by atoms with Crippen LogP contribution in [0.5, 0.6) is 5.75 Å². The molecule has 1 aromatic heterocycles. The molecule has 2 N–H and O–H groups in total. The normalized spacial score (nSPS) is 11.7. The summed E-state index contributed by atoms with van der Waals surface area (Å²) in [6.45, 7) is 6.30. The minimum absolute atomic E-state index is 0.0512. The summed E-state index contributed by atoms with van der Waals surface area (Å²) in [5, 5.41) is 5.13. The zero-order chi connectivity index (χ0) is 14.9. The third kappa shape index (κ3) is 3.04. The maximum atomic E-state index is 6.08. The summed E-state index contributed by atoms with van der Waals surface area (Å²) in [5.41, 5.74) is 7.77. The number of halogens is 1. The molecular formula is C14H18ClN3OS. The zero-order valence-electron chi connectivity index (χ0n) is 12.0. The topological polar surface area (TPSA) is 53.1 Å². The second-order valence-corrected chi connectivity index (χ2v) is 6.39. The van der Waals surface area contributed by atoms with E-state index in [0.717, 1.165) is 11.4 Å². The Hall–Kier alpha value is -1.33. The van der Waals surface area contributed by atoms with Gasteiger partial charge in [0.15, 0.2) is 5.75 Å². The summed E-state index contributed by atoms with van der Waals surface area (Å²) in [6, 6.07) is 7.37. The Bertz CT molecular complexity index is 619. The van der Waals surface area contributed by atoms with Crippen molar-refractivity contribution in [2.45, 2.75) is 26.2 Å². The van der Waals surface area contributed by atoms with Crippen molar-refractivity contribution < 1.29 is 4.18 Å². The highest BCUT2D eigenvalue weighted by molar-refractivity contribution is 7.94. The molecule has 2 rings (SSSR count). The molecule has 0 unspecified atom stereocenters. The second kappa shape index (κ2) is 5.58. The Balaban J connectivity index is 2.46. The molecular weight excluding hydrogens is 294 g/mol. The van der Waals surface area contributed by atoms with Gasteiger partial charge in [0.1, 0.15) is 5.82 Å². The Morgan fingerprint density at radius 3 is 2.55 bits per heavy atom. The second-order valence-electron chi connectivity index (χ2n) is 5.48. The number of rotatable bonds is 3. The summed E-state index contributed by atoms with van der Waals surface area (Å²) in [4.78, 5) is 0. The number of nitrogen functional groups attached to an aromatic ring is 1. The number of nitrogens with two attached hydrogens (primary N) is 1. The van der Waals surface area contributed by atoms with Crippen LogP contribution in [0, 0.1) is 0 Å². The van der Waals surface area contributed by atoms with Gasteiger partial charge in [-0.25, -0.2) is 4.68 Å². The van der Waals surface area contributed by atoms with Crippen LogP contribution in [0.3, 0.4) is 0 Å². The van der Waals surface area contributed by atoms with Gasteiger partial charge in [-0.15, -0.1) is 0 Å². The molecule has 0 bridgehead atoms. The first-order chi connectivity index (χ1) is 9.32. The van der Waals surface area contributed by atoms with Gasteiger partial charge in [0, 0.05) is 23.8 Å². The van der Waals surface area contributed by atoms with Gasteiger partial charge >= 0.3 is 0 Å². The standard InChI is InChI=1S/C14H18ClN3OS/c1-14(2,3)12-8-13(16)18(17-12)9-5-6-10(15)11(7-9)19-20-4/h5-8H,16H2,1-4H3. The maximum absolute atomic E-state index is 6.08. The van der Waals surface area contributed by atoms with Gasteiger partial charge in [-0.2, -0.15) is 5.10 Å². The van der Waals surface area contributed by atoms with Gasteiger partial charge in [0.25, 0.3) is 0 Å². The highest BCUT2D eigenvalue weighted by Crippen LogP contribution is 2.31. The van der Waals surface area contributed by atoms with Gasteiger partial charge in [-0.3, -0.25) is 0 Å². The summed E-state index contributed by atoms with van der Waals surface area (Å²) < 4.78 is 7.11. The fourth-order valence-corrected chi connectivity index (χ4v) is 2.27. The average Bonchev–Trinajstić information content (AvgIpc) is 2.74. The van der Waals surface area contributed by atoms with E-state index in [-0.39, 0.29) is 5.41 Å². The van der Waals surface area contributed by atoms with E-state index in [1.54, 1.807) is 10.7 Å². The summed E-state index contributed by atoms with van der Waals surface area (Å²) in [5.74, 6) is 1.19. The van der Waals surface area contributed by atoms with Crippen LogP contribution in [0.4, 0.5) is 5.82 Å². The lowest BCUT2D eigenvalue weighted by Crippen LogP contribution is -2.12. The average molecular weight is 312 g/mol. The highest BCUT2D eigenvalue weighted by Gasteiger charge is 2.19. The van der Waals surface area contributed by atoms with Gasteiger partial charge in [-0.1, -0.05) is 32.4 Å². The van der Waals surface area contributed by atoms with Crippen molar-refractivity contribution in [3.8, 4) is 11.4 Å². The lowest BCUT2D eigenvalue weighted by molar-refractivity contribution is 0.560. The van der Waals surface area contributed by atoms with E-state index in [4.69, 9.17) is 21.5 Å². The molecule has 2 aromatic rings. The lowest BCUT2D eigenvalue weighted by atomic mass is 9.92. The summed E-state index contributed by atoms with van der Waals surface area (Å²) >= 11 is 7.32. The third-order valence-corrected chi connectivity index (χ3v) is 3.50. The quantitative estimate of drug-likeness (QED) is 0.868. The van der Waals surface area contributed by atoms with E-state index in [1.165, 1.54) is 12.0 Å². The van der Waals surface area contributed by atoms with Crippen LogP contribution < -0.4 is 9.92 Å². The largest absolute Gasteiger partial charge is 0.424 e. The molecule has 20 heavy (non-hydrogen) atoms. The van der Waals surface area contributed by atoms with Crippen LogP contribution in [0.2, 0.25) is 5.02 Å². The number of hydrogen-bond acceptors (Lipinski definition) is 4. The Morgan fingerprint density at radius 2 is 2.00 bits per heavy atom. The molecule has 0 aliphatic carbocycles. The van der Waals surface area contributed by atoms with Crippen LogP contribution in [-0.4, -0.2) is 16.0 Å². The fourth-order valence-electron chi connectivity index (χ4n) is 1.75. The molecule has 0 saturated carbocycles. The number of hydrogen-bond donors (Lipinski definition) is 1. The monoisotopic (exact) mass is 311 g/mol. The smallest absolute Gasteiger partial charge is 0.158 e. The predicted octanol–water partition coefficient (Wildman–Crippen LogP) is 4.06. The van der Waals surface area contributed by atoms with Crippen LogP contribution >= 0.6 is 23.6 Å². The molecule has 0 radical (unpaired) electrons. The number of anilines is 1. The Labute approximate surface area is 128 Å². The molecule has 0 spiro atoms. The van der Waals surface area contributed by atoms with Gasteiger partial charge in [0.05, 0.1) is 28.4 Å². The van der Waals surface area contributed by atoms with Crippen molar-refractivity contribution in [1.82, 2.24) is 9.78 Å². The molecule has 1 heterocycles. The molecule has 0 saturated heterocycles. The summed E-state index contributed by atoms with van der Waals surface area (Å²) in [7, 11) is 0. The molecule has 1 aromatic carbocycles. The Kier molecular flexibility index (Phi) is 4.20. The van der Waals surface area contributed by atoms with E-state index in [0.29, 0.717) is 16.6 Å². The number of benzene rings is 1. The van der Waals surface area contributed by atoms with Crippen molar-refractivity contribution in [3.05, 3.63) is 35.0 Å². The molecule has 0 amide bonds. The maximum Gasteiger partial charge on any atom is 0.158 e. The zero-order valence-corrected chi connectivity index (χ0v) is 13.5. The van der Waals surface area contributed by atoms with Crippen molar-refractivity contribution >= 4 is 29.5 Å². The van der Waals surface area contributed by atoms with Crippen molar-refractivity contribution in [3.63, 3.8) is 0 Å². The first kappa shape index (κ1) is 15.1. The number of nitrogens with zero attached hydrogens (tertiary/aromatic N) is 2. The fraction of sp³-hybridized carbons (Fsp3) is 0.357. The minimum Gasteiger partial charge on any atom is -0.424 e. The van der Waals surface area contributed by atoms with Crippen LogP contribution in [0.1, 0.15) is 26.5 Å². The molecule has 0 atom stereocenters. The molecule has 0 fully saturated rings. The van der Waals surface area contributed by atoms with Crippen molar-refractivity contribution in [2.24, 2.45) is 0 Å². The lowest BCUT2D eigenvalue weighted by Gasteiger charge is -2.14. The van der Waals surface area contributed by atoms with Crippen LogP contribution in [0.25, 0.3) is 5.69 Å². The van der Waals surface area contributed by atoms with E-state index >= 15 is 0 Å². The predicted molar refractivity (Wildman–Crippen MR) is 85.8 cm³/mol. The van der Waals surface area contributed by atoms with Gasteiger partial charge < -0.3 is 9.92 Å². The van der Waals surface area contributed by atoms with Crippen LogP contribution in [-0.2, 0) is 5.41 Å². The van der Waals surface area contributed by atoms with Crippen LogP contribution in [0.15, 0.2) is 24.3 Å². The number of aromatic nitrogens is 2. The molecule has 0 aliphatic heterocycles. The summed E-state index contributed by atoms with van der Waals surface area (Å²) in [6.07, 6.45) is 1.84. The SMILES string of the molecule is CSOc1cc(-n2nc(C(C)(C)C)cc2N)ccc1Cl. The third-order valence-electron chi connectivity index (χ3n) is 2.84. The van der Waals surface area contributed by atoms with Gasteiger partial charge in [-0.05, 0) is 12.1 Å². The van der Waals surface area contributed by atoms with E-state index < -0.39 is 0 Å². The van der Waals surface area contributed by atoms with E-state index in [1.807, 2.05) is 24.5 Å².